The van der Waals surface area contributed by atoms with Crippen LogP contribution in [0.15, 0.2) is 73.4 Å². The van der Waals surface area contributed by atoms with Crippen LogP contribution in [0, 0.1) is 0 Å². The summed E-state index contributed by atoms with van der Waals surface area (Å²) in [6.07, 6.45) is 4.85. The minimum atomic E-state index is -0.244. The van der Waals surface area contributed by atoms with E-state index in [-0.39, 0.29) is 5.91 Å². The van der Waals surface area contributed by atoms with Crippen molar-refractivity contribution in [2.45, 2.75) is 19.6 Å². The summed E-state index contributed by atoms with van der Waals surface area (Å²) in [5.41, 5.74) is 3.53. The molecule has 28 heavy (non-hydrogen) atoms. The lowest BCUT2D eigenvalue weighted by Crippen LogP contribution is -2.23. The summed E-state index contributed by atoms with van der Waals surface area (Å²) in [6.45, 7) is 1.67. The fraction of sp³-hybridized carbons (Fsp3) is 0.150. The molecule has 0 saturated heterocycles. The zero-order chi connectivity index (χ0) is 19.2. The highest BCUT2D eigenvalue weighted by molar-refractivity contribution is 5.91. The largest absolute Gasteiger partial charge is 0.347 e. The molecule has 0 bridgehead atoms. The molecule has 0 spiro atoms. The summed E-state index contributed by atoms with van der Waals surface area (Å²) in [5.74, 6) is -0.244. The predicted octanol–water partition coefficient (Wildman–Crippen LogP) is 1.90. The number of rotatable bonds is 7. The summed E-state index contributed by atoms with van der Waals surface area (Å²) >= 11 is 0. The Labute approximate surface area is 161 Å². The van der Waals surface area contributed by atoms with Gasteiger partial charge in [0.15, 0.2) is 5.69 Å². The maximum absolute atomic E-state index is 12.3. The van der Waals surface area contributed by atoms with Crippen molar-refractivity contribution in [1.82, 2.24) is 35.1 Å². The number of hydrogen-bond acceptors (Lipinski definition) is 5. The van der Waals surface area contributed by atoms with E-state index in [1.807, 2.05) is 54.6 Å². The Bertz CT molecular complexity index is 1020. The van der Waals surface area contributed by atoms with Crippen LogP contribution in [0.4, 0.5) is 0 Å². The van der Waals surface area contributed by atoms with Crippen molar-refractivity contribution in [2.75, 3.05) is 0 Å². The molecule has 2 aromatic heterocycles. The van der Waals surface area contributed by atoms with Crippen molar-refractivity contribution in [3.63, 3.8) is 0 Å². The van der Waals surface area contributed by atoms with Crippen LogP contribution in [0.1, 0.15) is 27.2 Å². The number of nitrogens with one attached hydrogen (secondary N) is 1. The molecule has 0 unspecified atom stereocenters. The van der Waals surface area contributed by atoms with Crippen molar-refractivity contribution in [3.05, 3.63) is 95.8 Å². The molecule has 140 valence electrons. The highest BCUT2D eigenvalue weighted by Gasteiger charge is 2.10. The van der Waals surface area contributed by atoms with Gasteiger partial charge in [-0.05, 0) is 16.7 Å². The van der Waals surface area contributed by atoms with Crippen LogP contribution in [-0.4, -0.2) is 35.7 Å². The molecule has 1 N–H and O–H groups in total. The van der Waals surface area contributed by atoms with E-state index in [9.17, 15) is 4.79 Å². The third-order valence-corrected chi connectivity index (χ3v) is 4.25. The van der Waals surface area contributed by atoms with Gasteiger partial charge in [-0.25, -0.2) is 14.3 Å². The normalized spacial score (nSPS) is 10.7. The molecule has 2 heterocycles. The third-order valence-electron chi connectivity index (χ3n) is 4.25. The van der Waals surface area contributed by atoms with Gasteiger partial charge in [-0.15, -0.1) is 5.10 Å². The van der Waals surface area contributed by atoms with Gasteiger partial charge in [-0.3, -0.25) is 4.79 Å². The molecule has 0 radical (unpaired) electrons. The summed E-state index contributed by atoms with van der Waals surface area (Å²) in [4.78, 5) is 16.2. The van der Waals surface area contributed by atoms with E-state index in [1.54, 1.807) is 21.9 Å². The van der Waals surface area contributed by atoms with E-state index >= 15 is 0 Å². The van der Waals surface area contributed by atoms with Gasteiger partial charge in [0.25, 0.3) is 5.91 Å². The standard InChI is InChI=1S/C20H19N7O/c28-20(19-13-26(25-24-19)11-17-4-2-1-3-5-17)22-10-16-6-8-18(9-7-16)12-27-15-21-14-23-27/h1-9,13-15H,10-12H2,(H,22,28). The molecule has 0 saturated carbocycles. The predicted molar refractivity (Wildman–Crippen MR) is 102 cm³/mol. The SMILES string of the molecule is O=C(NCc1ccc(Cn2cncn2)cc1)c1cn(Cc2ccccc2)nn1. The van der Waals surface area contributed by atoms with Crippen LogP contribution >= 0.6 is 0 Å². The van der Waals surface area contributed by atoms with Crippen LogP contribution < -0.4 is 5.32 Å². The number of amides is 1. The Hall–Kier alpha value is -3.81. The molecule has 0 aliphatic carbocycles. The van der Waals surface area contributed by atoms with Crippen LogP contribution in [0.25, 0.3) is 0 Å². The number of hydrogen-bond donors (Lipinski definition) is 1. The maximum Gasteiger partial charge on any atom is 0.273 e. The Kier molecular flexibility index (Phi) is 5.19. The van der Waals surface area contributed by atoms with Crippen molar-refractivity contribution < 1.29 is 4.79 Å². The van der Waals surface area contributed by atoms with Crippen LogP contribution in [-0.2, 0) is 19.6 Å². The molecule has 0 fully saturated rings. The first-order valence-corrected chi connectivity index (χ1v) is 8.89. The monoisotopic (exact) mass is 373 g/mol. The second kappa shape index (κ2) is 8.26. The average molecular weight is 373 g/mol. The van der Waals surface area contributed by atoms with E-state index in [1.165, 1.54) is 6.33 Å². The molecule has 8 nitrogen and oxygen atoms in total. The zero-order valence-corrected chi connectivity index (χ0v) is 15.1. The van der Waals surface area contributed by atoms with Crippen LogP contribution in [0.3, 0.4) is 0 Å². The van der Waals surface area contributed by atoms with Gasteiger partial charge in [0.05, 0.1) is 19.3 Å². The Morgan fingerprint density at radius 2 is 1.61 bits per heavy atom. The molecule has 0 aliphatic heterocycles. The first-order chi connectivity index (χ1) is 13.8. The maximum atomic E-state index is 12.3. The lowest BCUT2D eigenvalue weighted by Gasteiger charge is -2.05. The lowest BCUT2D eigenvalue weighted by atomic mass is 10.1. The van der Waals surface area contributed by atoms with E-state index < -0.39 is 0 Å². The molecule has 0 atom stereocenters. The number of nitrogens with zero attached hydrogens (tertiary/aromatic N) is 6. The van der Waals surface area contributed by atoms with Crippen molar-refractivity contribution >= 4 is 5.91 Å². The van der Waals surface area contributed by atoms with Gasteiger partial charge in [-0.1, -0.05) is 59.8 Å². The molecular formula is C20H19N7O. The van der Waals surface area contributed by atoms with Crippen LogP contribution in [0.5, 0.6) is 0 Å². The van der Waals surface area contributed by atoms with E-state index in [0.717, 1.165) is 16.7 Å². The van der Waals surface area contributed by atoms with Gasteiger partial charge in [0.2, 0.25) is 0 Å². The van der Waals surface area contributed by atoms with Crippen LogP contribution in [0.2, 0.25) is 0 Å². The summed E-state index contributed by atoms with van der Waals surface area (Å²) < 4.78 is 3.42. The molecule has 0 aliphatic rings. The molecular weight excluding hydrogens is 354 g/mol. The van der Waals surface area contributed by atoms with E-state index in [0.29, 0.717) is 25.3 Å². The van der Waals surface area contributed by atoms with Crippen molar-refractivity contribution in [2.24, 2.45) is 0 Å². The van der Waals surface area contributed by atoms with Gasteiger partial charge < -0.3 is 5.32 Å². The first kappa shape index (κ1) is 17.6. The number of benzene rings is 2. The minimum Gasteiger partial charge on any atom is -0.347 e. The number of aromatic nitrogens is 6. The Morgan fingerprint density at radius 3 is 2.36 bits per heavy atom. The lowest BCUT2D eigenvalue weighted by molar-refractivity contribution is 0.0946. The number of carbonyl (C=O) groups is 1. The molecule has 4 rings (SSSR count). The highest BCUT2D eigenvalue weighted by Crippen LogP contribution is 2.07. The average Bonchev–Trinajstić information content (AvgIpc) is 3.40. The van der Waals surface area contributed by atoms with Gasteiger partial charge in [0, 0.05) is 6.54 Å². The zero-order valence-electron chi connectivity index (χ0n) is 15.1. The second-order valence-electron chi connectivity index (χ2n) is 6.38. The summed E-state index contributed by atoms with van der Waals surface area (Å²) in [5, 5.41) is 15.0. The fourth-order valence-corrected chi connectivity index (χ4v) is 2.79. The second-order valence-corrected chi connectivity index (χ2v) is 6.38. The smallest absolute Gasteiger partial charge is 0.273 e. The quantitative estimate of drug-likeness (QED) is 0.534. The van der Waals surface area contributed by atoms with E-state index in [2.05, 4.69) is 25.7 Å². The van der Waals surface area contributed by atoms with Crippen molar-refractivity contribution in [3.8, 4) is 0 Å². The molecule has 8 heteroatoms. The summed E-state index contributed by atoms with van der Waals surface area (Å²) in [6, 6.07) is 17.9. The highest BCUT2D eigenvalue weighted by atomic mass is 16.2. The summed E-state index contributed by atoms with van der Waals surface area (Å²) in [7, 11) is 0. The van der Waals surface area contributed by atoms with Gasteiger partial charge in [-0.2, -0.15) is 5.10 Å². The Balaban J connectivity index is 1.30. The fourth-order valence-electron chi connectivity index (χ4n) is 2.79. The topological polar surface area (TPSA) is 90.5 Å². The Morgan fingerprint density at radius 1 is 0.893 bits per heavy atom. The molecule has 2 aromatic carbocycles. The molecule has 4 aromatic rings. The number of carbonyl (C=O) groups excluding carboxylic acids is 1. The minimum absolute atomic E-state index is 0.244. The van der Waals surface area contributed by atoms with Gasteiger partial charge in [0.1, 0.15) is 12.7 Å². The third kappa shape index (κ3) is 4.47. The van der Waals surface area contributed by atoms with Gasteiger partial charge >= 0.3 is 0 Å². The van der Waals surface area contributed by atoms with E-state index in [4.69, 9.17) is 0 Å². The first-order valence-electron chi connectivity index (χ1n) is 8.89. The van der Waals surface area contributed by atoms with Crippen molar-refractivity contribution in [1.29, 1.82) is 0 Å². The molecule has 1 amide bonds.